The maximum absolute atomic E-state index is 12.1. The van der Waals surface area contributed by atoms with E-state index in [4.69, 9.17) is 4.74 Å². The Hall–Kier alpha value is -1.43. The van der Waals surface area contributed by atoms with Gasteiger partial charge in [-0.3, -0.25) is 10.1 Å². The van der Waals surface area contributed by atoms with E-state index in [0.717, 1.165) is 12.8 Å². The van der Waals surface area contributed by atoms with E-state index in [-0.39, 0.29) is 12.0 Å². The quantitative estimate of drug-likeness (QED) is 0.862. The summed E-state index contributed by atoms with van der Waals surface area (Å²) >= 11 is 0. The third-order valence-corrected chi connectivity index (χ3v) is 3.27. The van der Waals surface area contributed by atoms with Gasteiger partial charge in [-0.05, 0) is 19.3 Å². The Kier molecular flexibility index (Phi) is 4.30. The number of amides is 1. The first-order valence-corrected chi connectivity index (χ1v) is 6.51. The largest absolute Gasteiger partial charge is 0.365 e. The van der Waals surface area contributed by atoms with E-state index in [1.165, 1.54) is 12.8 Å². The van der Waals surface area contributed by atoms with Crippen molar-refractivity contribution in [2.45, 2.75) is 51.2 Å². The smallest absolute Gasteiger partial charge is 0.255 e. The first-order valence-electron chi connectivity index (χ1n) is 6.51. The zero-order valence-corrected chi connectivity index (χ0v) is 10.9. The molecule has 0 spiro atoms. The van der Waals surface area contributed by atoms with Crippen LogP contribution in [0.1, 0.15) is 39.0 Å². The van der Waals surface area contributed by atoms with Crippen molar-refractivity contribution < 1.29 is 9.53 Å². The van der Waals surface area contributed by atoms with Crippen molar-refractivity contribution in [1.29, 1.82) is 0 Å². The molecule has 1 aliphatic carbocycles. The SMILES string of the molecule is CC[C@H](OC1CCCC1)C(=O)Nc1nncn1C. The summed E-state index contributed by atoms with van der Waals surface area (Å²) in [5, 5.41) is 10.3. The molecule has 6 heteroatoms. The average Bonchev–Trinajstić information content (AvgIpc) is 2.99. The van der Waals surface area contributed by atoms with Gasteiger partial charge in [-0.1, -0.05) is 19.8 Å². The van der Waals surface area contributed by atoms with E-state index in [0.29, 0.717) is 12.4 Å². The molecular formula is C12H20N4O2. The van der Waals surface area contributed by atoms with Crippen LogP contribution in [0.15, 0.2) is 6.33 Å². The summed E-state index contributed by atoms with van der Waals surface area (Å²) in [6.45, 7) is 1.95. The van der Waals surface area contributed by atoms with E-state index in [9.17, 15) is 4.79 Å². The van der Waals surface area contributed by atoms with Gasteiger partial charge in [0.25, 0.3) is 5.91 Å². The van der Waals surface area contributed by atoms with Crippen LogP contribution < -0.4 is 5.32 Å². The van der Waals surface area contributed by atoms with Crippen molar-refractivity contribution in [3.8, 4) is 0 Å². The fourth-order valence-corrected chi connectivity index (χ4v) is 2.19. The van der Waals surface area contributed by atoms with Crippen LogP contribution in [0.4, 0.5) is 5.95 Å². The standard InChI is InChI=1S/C12H20N4O2/c1-3-10(18-9-6-4-5-7-9)11(17)14-12-15-13-8-16(12)2/h8-10H,3-7H2,1-2H3,(H,14,15,17)/t10-/m0/s1. The number of nitrogens with zero attached hydrogens (tertiary/aromatic N) is 3. The van der Waals surface area contributed by atoms with Gasteiger partial charge in [-0.15, -0.1) is 10.2 Å². The summed E-state index contributed by atoms with van der Waals surface area (Å²) in [4.78, 5) is 12.1. The summed E-state index contributed by atoms with van der Waals surface area (Å²) in [6.07, 6.45) is 6.58. The van der Waals surface area contributed by atoms with Crippen molar-refractivity contribution in [2.75, 3.05) is 5.32 Å². The van der Waals surface area contributed by atoms with Crippen molar-refractivity contribution in [3.63, 3.8) is 0 Å². The van der Waals surface area contributed by atoms with Gasteiger partial charge >= 0.3 is 0 Å². The number of hydrogen-bond donors (Lipinski definition) is 1. The predicted molar refractivity (Wildman–Crippen MR) is 67.1 cm³/mol. The Labute approximate surface area is 107 Å². The Balaban J connectivity index is 1.90. The van der Waals surface area contributed by atoms with E-state index >= 15 is 0 Å². The lowest BCUT2D eigenvalue weighted by Crippen LogP contribution is -2.33. The highest BCUT2D eigenvalue weighted by atomic mass is 16.5. The van der Waals surface area contributed by atoms with Gasteiger partial charge in [0, 0.05) is 7.05 Å². The number of carbonyl (C=O) groups is 1. The normalized spacial score (nSPS) is 17.9. The van der Waals surface area contributed by atoms with Crippen LogP contribution in [-0.2, 0) is 16.6 Å². The van der Waals surface area contributed by atoms with Gasteiger partial charge in [0.15, 0.2) is 0 Å². The molecule has 0 aromatic carbocycles. The van der Waals surface area contributed by atoms with Crippen LogP contribution in [0.5, 0.6) is 0 Å². The molecule has 0 bridgehead atoms. The summed E-state index contributed by atoms with van der Waals surface area (Å²) in [7, 11) is 1.79. The molecule has 1 N–H and O–H groups in total. The Bertz CT molecular complexity index is 399. The summed E-state index contributed by atoms with van der Waals surface area (Å²) < 4.78 is 7.51. The molecule has 1 atom stereocenters. The molecular weight excluding hydrogens is 232 g/mol. The Morgan fingerprint density at radius 2 is 2.33 bits per heavy atom. The third-order valence-electron chi connectivity index (χ3n) is 3.27. The topological polar surface area (TPSA) is 69.0 Å². The molecule has 0 aliphatic heterocycles. The monoisotopic (exact) mass is 252 g/mol. The van der Waals surface area contributed by atoms with Crippen LogP contribution in [0.2, 0.25) is 0 Å². The number of ether oxygens (including phenoxy) is 1. The molecule has 1 aromatic rings. The lowest BCUT2D eigenvalue weighted by molar-refractivity contribution is -0.131. The summed E-state index contributed by atoms with van der Waals surface area (Å²) in [5.74, 6) is 0.314. The van der Waals surface area contributed by atoms with Gasteiger partial charge in [0.05, 0.1) is 6.10 Å². The zero-order valence-electron chi connectivity index (χ0n) is 10.9. The number of nitrogens with one attached hydrogen (secondary N) is 1. The van der Waals surface area contributed by atoms with Crippen molar-refractivity contribution in [2.24, 2.45) is 7.05 Å². The fourth-order valence-electron chi connectivity index (χ4n) is 2.19. The number of rotatable bonds is 5. The molecule has 1 aromatic heterocycles. The van der Waals surface area contributed by atoms with Crippen LogP contribution >= 0.6 is 0 Å². The minimum absolute atomic E-state index is 0.138. The number of carbonyl (C=O) groups excluding carboxylic acids is 1. The molecule has 18 heavy (non-hydrogen) atoms. The Morgan fingerprint density at radius 1 is 1.61 bits per heavy atom. The van der Waals surface area contributed by atoms with Gasteiger partial charge < -0.3 is 9.30 Å². The molecule has 1 amide bonds. The number of hydrogen-bond acceptors (Lipinski definition) is 4. The molecule has 1 heterocycles. The van der Waals surface area contributed by atoms with Crippen molar-refractivity contribution in [1.82, 2.24) is 14.8 Å². The molecule has 100 valence electrons. The molecule has 6 nitrogen and oxygen atoms in total. The highest BCUT2D eigenvalue weighted by Crippen LogP contribution is 2.23. The highest BCUT2D eigenvalue weighted by Gasteiger charge is 2.25. The van der Waals surface area contributed by atoms with Crippen LogP contribution in [0.3, 0.4) is 0 Å². The second-order valence-electron chi connectivity index (χ2n) is 4.69. The van der Waals surface area contributed by atoms with Crippen LogP contribution in [-0.4, -0.2) is 32.9 Å². The first-order chi connectivity index (χ1) is 8.70. The molecule has 2 rings (SSSR count). The molecule has 1 aliphatic rings. The average molecular weight is 252 g/mol. The predicted octanol–water partition coefficient (Wildman–Crippen LogP) is 1.49. The zero-order chi connectivity index (χ0) is 13.0. The van der Waals surface area contributed by atoms with E-state index < -0.39 is 6.10 Å². The molecule has 1 fully saturated rings. The lowest BCUT2D eigenvalue weighted by Gasteiger charge is -2.19. The van der Waals surface area contributed by atoms with Crippen LogP contribution in [0.25, 0.3) is 0 Å². The van der Waals surface area contributed by atoms with Gasteiger partial charge in [0.2, 0.25) is 5.95 Å². The molecule has 1 saturated carbocycles. The van der Waals surface area contributed by atoms with Crippen LogP contribution in [0, 0.1) is 0 Å². The molecule has 0 radical (unpaired) electrons. The van der Waals surface area contributed by atoms with Gasteiger partial charge in [0.1, 0.15) is 12.4 Å². The van der Waals surface area contributed by atoms with Crippen molar-refractivity contribution >= 4 is 11.9 Å². The lowest BCUT2D eigenvalue weighted by atomic mass is 10.2. The van der Waals surface area contributed by atoms with E-state index in [1.807, 2.05) is 6.92 Å². The summed E-state index contributed by atoms with van der Waals surface area (Å²) in [6, 6.07) is 0. The second kappa shape index (κ2) is 5.95. The highest BCUT2D eigenvalue weighted by molar-refractivity contribution is 5.92. The minimum atomic E-state index is -0.398. The molecule has 0 unspecified atom stereocenters. The van der Waals surface area contributed by atoms with E-state index in [1.54, 1.807) is 17.9 Å². The van der Waals surface area contributed by atoms with Gasteiger partial charge in [-0.25, -0.2) is 0 Å². The number of anilines is 1. The van der Waals surface area contributed by atoms with Gasteiger partial charge in [-0.2, -0.15) is 0 Å². The maximum atomic E-state index is 12.1. The Morgan fingerprint density at radius 3 is 2.89 bits per heavy atom. The molecule has 0 saturated heterocycles. The summed E-state index contributed by atoms with van der Waals surface area (Å²) in [5.41, 5.74) is 0. The van der Waals surface area contributed by atoms with E-state index in [2.05, 4.69) is 15.5 Å². The minimum Gasteiger partial charge on any atom is -0.365 e. The first kappa shape index (κ1) is 13.0. The van der Waals surface area contributed by atoms with Crippen molar-refractivity contribution in [3.05, 3.63) is 6.33 Å². The third kappa shape index (κ3) is 3.07. The second-order valence-corrected chi connectivity index (χ2v) is 4.69. The fraction of sp³-hybridized carbons (Fsp3) is 0.750. The number of aromatic nitrogens is 3. The maximum Gasteiger partial charge on any atom is 0.255 e. The number of aryl methyl sites for hydroxylation is 1.